The van der Waals surface area contributed by atoms with Crippen molar-refractivity contribution in [3.63, 3.8) is 0 Å². The number of amides is 1. The molecule has 0 saturated heterocycles. The van der Waals surface area contributed by atoms with Crippen molar-refractivity contribution in [3.8, 4) is 5.75 Å². The number of aryl methyl sites for hydroxylation is 1. The van der Waals surface area contributed by atoms with Crippen LogP contribution in [0, 0.1) is 6.92 Å². The van der Waals surface area contributed by atoms with Crippen molar-refractivity contribution in [2.75, 3.05) is 7.11 Å². The smallest absolute Gasteiger partial charge is 0.255 e. The van der Waals surface area contributed by atoms with E-state index >= 15 is 0 Å². The van der Waals surface area contributed by atoms with Gasteiger partial charge in [0.2, 0.25) is 0 Å². The molecule has 0 fully saturated rings. The number of benzene rings is 1. The largest absolute Gasteiger partial charge is 0.497 e. The van der Waals surface area contributed by atoms with E-state index < -0.39 is 0 Å². The van der Waals surface area contributed by atoms with Crippen LogP contribution in [0.2, 0.25) is 0 Å². The van der Waals surface area contributed by atoms with Crippen LogP contribution in [0.15, 0.2) is 53.2 Å². The van der Waals surface area contributed by atoms with E-state index in [0.717, 1.165) is 16.7 Å². The maximum Gasteiger partial charge on any atom is 0.255 e. The molecule has 0 radical (unpaired) electrons. The Kier molecular flexibility index (Phi) is 3.65. The highest BCUT2D eigenvalue weighted by molar-refractivity contribution is 6.07. The standard InChI is InChI=1S/C19H17N3O3/c1-12-18(15-9-14(24-2)6-7-16(15)25-12)19(23)20-10-13-11-22-8-4-3-5-17(22)21-13/h3-9,11H,10H2,1-2H3,(H,20,23). The maximum absolute atomic E-state index is 12.7. The van der Waals surface area contributed by atoms with Crippen LogP contribution in [0.5, 0.6) is 5.75 Å². The topological polar surface area (TPSA) is 68.8 Å². The summed E-state index contributed by atoms with van der Waals surface area (Å²) in [4.78, 5) is 17.2. The number of carbonyl (C=O) groups excluding carboxylic acids is 1. The van der Waals surface area contributed by atoms with Crippen molar-refractivity contribution in [2.24, 2.45) is 0 Å². The third kappa shape index (κ3) is 2.71. The molecule has 3 heterocycles. The Labute approximate surface area is 144 Å². The van der Waals surface area contributed by atoms with Crippen molar-refractivity contribution < 1.29 is 13.9 Å². The fraction of sp³-hybridized carbons (Fsp3) is 0.158. The van der Waals surface area contributed by atoms with E-state index in [2.05, 4.69) is 10.3 Å². The van der Waals surface area contributed by atoms with E-state index in [0.29, 0.717) is 29.2 Å². The molecule has 3 aromatic heterocycles. The van der Waals surface area contributed by atoms with Gasteiger partial charge in [0.1, 0.15) is 22.7 Å². The molecule has 6 nitrogen and oxygen atoms in total. The van der Waals surface area contributed by atoms with Gasteiger partial charge >= 0.3 is 0 Å². The molecular weight excluding hydrogens is 318 g/mol. The van der Waals surface area contributed by atoms with Gasteiger partial charge in [0.25, 0.3) is 5.91 Å². The molecule has 4 rings (SSSR count). The van der Waals surface area contributed by atoms with Crippen LogP contribution in [0.3, 0.4) is 0 Å². The third-order valence-electron chi connectivity index (χ3n) is 4.14. The molecule has 0 unspecified atom stereocenters. The Morgan fingerprint density at radius 1 is 1.32 bits per heavy atom. The number of hydrogen-bond acceptors (Lipinski definition) is 4. The highest BCUT2D eigenvalue weighted by atomic mass is 16.5. The van der Waals surface area contributed by atoms with Gasteiger partial charge in [-0.15, -0.1) is 0 Å². The Hall–Kier alpha value is -3.28. The van der Waals surface area contributed by atoms with Crippen molar-refractivity contribution in [2.45, 2.75) is 13.5 Å². The number of pyridine rings is 1. The van der Waals surface area contributed by atoms with Gasteiger partial charge in [-0.1, -0.05) is 6.07 Å². The number of nitrogens with one attached hydrogen (secondary N) is 1. The summed E-state index contributed by atoms with van der Waals surface area (Å²) in [5.74, 6) is 1.07. The molecule has 0 spiro atoms. The number of imidazole rings is 1. The predicted octanol–water partition coefficient (Wildman–Crippen LogP) is 3.33. The van der Waals surface area contributed by atoms with Crippen LogP contribution >= 0.6 is 0 Å². The SMILES string of the molecule is COc1ccc2oc(C)c(C(=O)NCc3cn4ccccc4n3)c2c1. The monoisotopic (exact) mass is 335 g/mol. The molecular formula is C19H17N3O3. The number of aromatic nitrogens is 2. The minimum atomic E-state index is -0.193. The van der Waals surface area contributed by atoms with E-state index in [9.17, 15) is 4.79 Å². The van der Waals surface area contributed by atoms with Gasteiger partial charge in [-0.2, -0.15) is 0 Å². The molecule has 4 aromatic rings. The number of hydrogen-bond donors (Lipinski definition) is 1. The first-order valence-electron chi connectivity index (χ1n) is 7.93. The minimum Gasteiger partial charge on any atom is -0.497 e. The van der Waals surface area contributed by atoms with Crippen LogP contribution in [0.1, 0.15) is 21.8 Å². The number of fused-ring (bicyclic) bond motifs is 2. The van der Waals surface area contributed by atoms with E-state index in [4.69, 9.17) is 9.15 Å². The Morgan fingerprint density at radius 2 is 2.20 bits per heavy atom. The van der Waals surface area contributed by atoms with Crippen LogP contribution in [-0.2, 0) is 6.54 Å². The number of nitrogens with zero attached hydrogens (tertiary/aromatic N) is 2. The second-order valence-electron chi connectivity index (χ2n) is 5.78. The number of ether oxygens (including phenoxy) is 1. The molecule has 0 atom stereocenters. The Morgan fingerprint density at radius 3 is 3.00 bits per heavy atom. The molecule has 126 valence electrons. The molecule has 0 aliphatic rings. The summed E-state index contributed by atoms with van der Waals surface area (Å²) in [6.07, 6.45) is 3.83. The molecule has 1 aromatic carbocycles. The first kappa shape index (κ1) is 15.3. The fourth-order valence-corrected chi connectivity index (χ4v) is 2.94. The van der Waals surface area contributed by atoms with E-state index in [1.54, 1.807) is 20.1 Å². The van der Waals surface area contributed by atoms with Gasteiger partial charge in [0.05, 0.1) is 24.9 Å². The van der Waals surface area contributed by atoms with Crippen molar-refractivity contribution in [1.82, 2.24) is 14.7 Å². The molecule has 0 aliphatic carbocycles. The lowest BCUT2D eigenvalue weighted by molar-refractivity contribution is 0.0950. The second kappa shape index (κ2) is 5.98. The Balaban J connectivity index is 1.60. The molecule has 0 saturated carbocycles. The number of carbonyl (C=O) groups is 1. The van der Waals surface area contributed by atoms with Gasteiger partial charge in [0, 0.05) is 17.8 Å². The summed E-state index contributed by atoms with van der Waals surface area (Å²) in [5.41, 5.74) is 2.83. The average molecular weight is 335 g/mol. The van der Waals surface area contributed by atoms with Gasteiger partial charge in [-0.05, 0) is 37.3 Å². The highest BCUT2D eigenvalue weighted by Gasteiger charge is 2.19. The van der Waals surface area contributed by atoms with Gasteiger partial charge in [-0.3, -0.25) is 4.79 Å². The fourth-order valence-electron chi connectivity index (χ4n) is 2.94. The van der Waals surface area contributed by atoms with E-state index in [-0.39, 0.29) is 5.91 Å². The summed E-state index contributed by atoms with van der Waals surface area (Å²) < 4.78 is 12.8. The molecule has 6 heteroatoms. The predicted molar refractivity (Wildman–Crippen MR) is 93.9 cm³/mol. The Bertz CT molecular complexity index is 1050. The van der Waals surface area contributed by atoms with Gasteiger partial charge in [0.15, 0.2) is 0 Å². The summed E-state index contributed by atoms with van der Waals surface area (Å²) in [7, 11) is 1.59. The van der Waals surface area contributed by atoms with Crippen LogP contribution < -0.4 is 10.1 Å². The first-order chi connectivity index (χ1) is 12.2. The van der Waals surface area contributed by atoms with Crippen molar-refractivity contribution in [1.29, 1.82) is 0 Å². The van der Waals surface area contributed by atoms with Crippen LogP contribution in [0.4, 0.5) is 0 Å². The van der Waals surface area contributed by atoms with E-state index in [1.165, 1.54) is 0 Å². The zero-order valence-electron chi connectivity index (χ0n) is 13.9. The summed E-state index contributed by atoms with van der Waals surface area (Å²) >= 11 is 0. The van der Waals surface area contributed by atoms with Crippen LogP contribution in [0.25, 0.3) is 16.6 Å². The van der Waals surface area contributed by atoms with Crippen LogP contribution in [-0.4, -0.2) is 22.4 Å². The minimum absolute atomic E-state index is 0.193. The van der Waals surface area contributed by atoms with E-state index in [1.807, 2.05) is 47.1 Å². The van der Waals surface area contributed by atoms with Crippen molar-refractivity contribution in [3.05, 3.63) is 65.8 Å². The number of furan rings is 1. The molecule has 0 bridgehead atoms. The van der Waals surface area contributed by atoms with Gasteiger partial charge < -0.3 is 18.9 Å². The highest BCUT2D eigenvalue weighted by Crippen LogP contribution is 2.29. The molecule has 0 aliphatic heterocycles. The second-order valence-corrected chi connectivity index (χ2v) is 5.78. The summed E-state index contributed by atoms with van der Waals surface area (Å²) in [5, 5.41) is 3.66. The average Bonchev–Trinajstić information content (AvgIpc) is 3.18. The quantitative estimate of drug-likeness (QED) is 0.621. The molecule has 1 amide bonds. The summed E-state index contributed by atoms with van der Waals surface area (Å²) in [6, 6.07) is 11.2. The lowest BCUT2D eigenvalue weighted by Crippen LogP contribution is -2.23. The lowest BCUT2D eigenvalue weighted by atomic mass is 10.1. The zero-order chi connectivity index (χ0) is 17.4. The number of rotatable bonds is 4. The molecule has 1 N–H and O–H groups in total. The third-order valence-corrected chi connectivity index (χ3v) is 4.14. The maximum atomic E-state index is 12.7. The van der Waals surface area contributed by atoms with Gasteiger partial charge in [-0.25, -0.2) is 4.98 Å². The first-order valence-corrected chi connectivity index (χ1v) is 7.93. The summed E-state index contributed by atoms with van der Waals surface area (Å²) in [6.45, 7) is 2.13. The lowest BCUT2D eigenvalue weighted by Gasteiger charge is -2.03. The molecule has 25 heavy (non-hydrogen) atoms. The normalized spacial score (nSPS) is 11.1. The zero-order valence-corrected chi connectivity index (χ0v) is 13.9. The van der Waals surface area contributed by atoms with Crippen molar-refractivity contribution >= 4 is 22.5 Å². The number of methoxy groups -OCH3 is 1.